The van der Waals surface area contributed by atoms with Gasteiger partial charge in [0.25, 0.3) is 7.49 Å². The van der Waals surface area contributed by atoms with Gasteiger partial charge in [0.05, 0.1) is 41.1 Å². The second-order valence-electron chi connectivity index (χ2n) is 30.8. The summed E-state index contributed by atoms with van der Waals surface area (Å²) in [6.07, 6.45) is 0. The maximum atomic E-state index is 8.53. The summed E-state index contributed by atoms with van der Waals surface area (Å²) in [6, 6.07) is 33.0. The molecule has 0 spiro atoms. The van der Waals surface area contributed by atoms with Crippen LogP contribution in [0.4, 0.5) is 0 Å². The lowest BCUT2D eigenvalue weighted by atomic mass is 9.79. The topological polar surface area (TPSA) is 55.4 Å². The molecule has 0 bridgehead atoms. The highest BCUT2D eigenvalue weighted by molar-refractivity contribution is 7.92. The Kier molecular flexibility index (Phi) is 16.9. The molecule has 1 aliphatic heterocycles. The number of benzene rings is 6. The van der Waals surface area contributed by atoms with Gasteiger partial charge in [0.1, 0.15) is 39.4 Å². The predicted molar refractivity (Wildman–Crippen MR) is 352 cm³/mol. The normalized spacial score (nSPS) is 14.3. The predicted octanol–water partition coefficient (Wildman–Crippen LogP) is 17.1. The van der Waals surface area contributed by atoms with Crippen LogP contribution < -0.4 is 60.0 Å². The highest BCUT2D eigenvalue weighted by atomic mass is 31.2. The zero-order chi connectivity index (χ0) is 60.9. The molecular weight excluding hydrogens is 1030 g/mol. The van der Waals surface area contributed by atoms with Crippen LogP contribution in [0.3, 0.4) is 0 Å². The van der Waals surface area contributed by atoms with Crippen molar-refractivity contribution >= 4 is 47.2 Å². The third-order valence-electron chi connectivity index (χ3n) is 16.1. The van der Waals surface area contributed by atoms with E-state index in [-0.39, 0.29) is 43.3 Å². The maximum Gasteiger partial charge on any atom is 0.288 e. The lowest BCUT2D eigenvalue weighted by molar-refractivity contribution is 0.381. The van der Waals surface area contributed by atoms with Gasteiger partial charge in [0, 0.05) is 50.1 Å². The number of hydrogen-bond donors (Lipinski definition) is 0. The summed E-state index contributed by atoms with van der Waals surface area (Å²) in [4.78, 5) is 0. The molecule has 8 heteroatoms. The Morgan fingerprint density at radius 2 is 0.617 bits per heavy atom. The Bertz CT molecular complexity index is 3030. The van der Waals surface area contributed by atoms with Crippen molar-refractivity contribution in [1.82, 2.24) is 0 Å². The average molecular weight is 1140 g/mol. The van der Waals surface area contributed by atoms with Crippen molar-refractivity contribution in [3.8, 4) is 45.6 Å². The van der Waals surface area contributed by atoms with Gasteiger partial charge in [-0.2, -0.15) is 0 Å². The molecule has 81 heavy (non-hydrogen) atoms. The third kappa shape index (κ3) is 11.8. The number of hydrogen-bond acceptors (Lipinski definition) is 6. The van der Waals surface area contributed by atoms with Crippen molar-refractivity contribution in [2.24, 2.45) is 0 Å². The number of rotatable bonds is 10. The number of methoxy groups -OCH3 is 5. The fourth-order valence-corrected chi connectivity index (χ4v) is 18.1. The zero-order valence-corrected chi connectivity index (χ0v) is 57.2. The van der Waals surface area contributed by atoms with Crippen LogP contribution in [0.2, 0.25) is 0 Å². The largest absolute Gasteiger partial charge is 0.496 e. The molecule has 0 aromatic heterocycles. The van der Waals surface area contributed by atoms with Crippen molar-refractivity contribution in [1.29, 1.82) is 0 Å². The summed E-state index contributed by atoms with van der Waals surface area (Å²) < 4.78 is 41.3. The van der Waals surface area contributed by atoms with E-state index in [1.807, 2.05) is 35.5 Å². The summed E-state index contributed by atoms with van der Waals surface area (Å²) >= 11 is 0. The first kappa shape index (κ1) is 63.6. The molecule has 0 aliphatic carbocycles. The number of fused-ring (bicyclic) bond motifs is 3. The van der Waals surface area contributed by atoms with E-state index >= 15 is 0 Å². The van der Waals surface area contributed by atoms with Crippen LogP contribution in [-0.4, -0.2) is 35.5 Å². The molecule has 0 radical (unpaired) electrons. The van der Waals surface area contributed by atoms with E-state index in [9.17, 15) is 0 Å². The van der Waals surface area contributed by atoms with Gasteiger partial charge in [-0.05, 0) is 134 Å². The molecule has 0 unspecified atom stereocenters. The average Bonchev–Trinajstić information content (AvgIpc) is 2.78. The standard InChI is InChI=1S/C73H101O6P2/c1-66(2,3)48-36-44(37-49(62(48)75-26)67(4,5)6)80(45-38-50(68(7,8)9)63(76-27)51(39-45)69(10,11)12)58-34-30-33-57-60(58)61-56(74-25)32-31-35-59(61)81(79-57,46-40-52(70(13,14)15)64(77-28)53(41-46)71(16,17)18)47-42-54(72(19,20)21)65(78-29)55(43-47)73(22,23)24/h30-43H,1-29H3/q+1. The van der Waals surface area contributed by atoms with E-state index in [0.29, 0.717) is 0 Å². The molecular formula is C73H101O6P2+. The van der Waals surface area contributed by atoms with Gasteiger partial charge < -0.3 is 28.2 Å². The zero-order valence-electron chi connectivity index (χ0n) is 55.4. The van der Waals surface area contributed by atoms with Crippen molar-refractivity contribution < 1.29 is 28.2 Å². The van der Waals surface area contributed by atoms with Gasteiger partial charge in [-0.25, -0.2) is 0 Å². The molecule has 0 atom stereocenters. The van der Waals surface area contributed by atoms with Crippen LogP contribution in [0.25, 0.3) is 11.1 Å². The molecule has 0 amide bonds. The van der Waals surface area contributed by atoms with E-state index in [1.54, 1.807) is 0 Å². The minimum absolute atomic E-state index is 0.249. The van der Waals surface area contributed by atoms with Crippen LogP contribution in [0, 0.1) is 0 Å². The first-order chi connectivity index (χ1) is 37.0. The molecule has 6 aromatic rings. The van der Waals surface area contributed by atoms with Gasteiger partial charge in [-0.1, -0.05) is 184 Å². The van der Waals surface area contributed by atoms with E-state index in [1.165, 1.54) is 38.2 Å². The second-order valence-corrected chi connectivity index (χ2v) is 35.9. The smallest absolute Gasteiger partial charge is 0.288 e. The van der Waals surface area contributed by atoms with Crippen molar-refractivity contribution in [3.63, 3.8) is 0 Å². The Balaban J connectivity index is 1.81. The molecule has 7 rings (SSSR count). The first-order valence-corrected chi connectivity index (χ1v) is 32.2. The van der Waals surface area contributed by atoms with Gasteiger partial charge in [-0.15, -0.1) is 0 Å². The minimum Gasteiger partial charge on any atom is -0.496 e. The summed E-state index contributed by atoms with van der Waals surface area (Å²) in [5.41, 5.74) is 9.18. The van der Waals surface area contributed by atoms with Crippen molar-refractivity contribution in [3.05, 3.63) is 129 Å². The highest BCUT2D eigenvalue weighted by Gasteiger charge is 2.58. The van der Waals surface area contributed by atoms with Crippen LogP contribution in [0.15, 0.2) is 84.9 Å². The molecule has 0 saturated heterocycles. The van der Waals surface area contributed by atoms with Crippen molar-refractivity contribution in [2.45, 2.75) is 209 Å². The van der Waals surface area contributed by atoms with Crippen LogP contribution >= 0.6 is 15.4 Å². The Morgan fingerprint density at radius 1 is 0.333 bits per heavy atom. The molecule has 0 saturated carbocycles. The second kappa shape index (κ2) is 21.6. The van der Waals surface area contributed by atoms with E-state index in [2.05, 4.69) is 251 Å². The fraction of sp³-hybridized carbons (Fsp3) is 0.507. The maximum absolute atomic E-state index is 8.53. The summed E-state index contributed by atoms with van der Waals surface area (Å²) in [6.45, 7) is 55.2. The minimum atomic E-state index is -3.26. The molecule has 438 valence electrons. The van der Waals surface area contributed by atoms with Crippen LogP contribution in [0.1, 0.15) is 211 Å². The quantitative estimate of drug-likeness (QED) is 0.127. The van der Waals surface area contributed by atoms with E-state index in [4.69, 9.17) is 28.2 Å². The molecule has 6 aromatic carbocycles. The monoisotopic (exact) mass is 1140 g/mol. The van der Waals surface area contributed by atoms with Crippen LogP contribution in [-0.2, 0) is 43.3 Å². The van der Waals surface area contributed by atoms with E-state index < -0.39 is 15.4 Å². The molecule has 1 aliphatic rings. The lowest BCUT2D eigenvalue weighted by Gasteiger charge is -2.38. The molecule has 0 fully saturated rings. The van der Waals surface area contributed by atoms with Gasteiger partial charge in [-0.3, -0.25) is 0 Å². The van der Waals surface area contributed by atoms with Gasteiger partial charge in [0.2, 0.25) is 0 Å². The first-order valence-electron chi connectivity index (χ1n) is 29.1. The third-order valence-corrected chi connectivity index (χ3v) is 22.0. The SMILES string of the molecule is COc1cccc2c1-c1c(cccc1P(c1cc(C(C)(C)C)c(OC)c(C(C)(C)C)c1)c1cc(C(C)(C)C)c(OC)c(C(C)(C)C)c1)O[P+]2(c1cc(C(C)(C)C)c(OC)c(C(C)(C)C)c1)c1cc(C(C)(C)C)c(OC)c(C(C)(C)C)c1. The molecule has 1 heterocycles. The van der Waals surface area contributed by atoms with Crippen LogP contribution in [0.5, 0.6) is 34.5 Å². The summed E-state index contributed by atoms with van der Waals surface area (Å²) in [7, 11) is 4.48. The Morgan fingerprint density at radius 3 is 0.889 bits per heavy atom. The molecule has 6 nitrogen and oxygen atoms in total. The Labute approximate surface area is 493 Å². The summed E-state index contributed by atoms with van der Waals surface area (Å²) in [5.74, 6) is 5.35. The van der Waals surface area contributed by atoms with E-state index in [0.717, 1.165) is 83.8 Å². The molecule has 0 N–H and O–H groups in total. The Hall–Kier alpha value is -5.02. The van der Waals surface area contributed by atoms with Crippen molar-refractivity contribution in [2.75, 3.05) is 35.5 Å². The van der Waals surface area contributed by atoms with Gasteiger partial charge in [0.15, 0.2) is 11.1 Å². The van der Waals surface area contributed by atoms with Gasteiger partial charge >= 0.3 is 0 Å². The lowest BCUT2D eigenvalue weighted by Crippen LogP contribution is -2.41. The number of ether oxygens (including phenoxy) is 5. The summed E-state index contributed by atoms with van der Waals surface area (Å²) in [5, 5.41) is 7.00. The highest BCUT2D eigenvalue weighted by Crippen LogP contribution is 2.66. The fourth-order valence-electron chi connectivity index (χ4n) is 11.8.